The van der Waals surface area contributed by atoms with Crippen molar-refractivity contribution in [2.75, 3.05) is 59.4 Å². The summed E-state index contributed by atoms with van der Waals surface area (Å²) in [5, 5.41) is 45.3. The third-order valence-corrected chi connectivity index (χ3v) is 8.72. The van der Waals surface area contributed by atoms with E-state index in [2.05, 4.69) is 4.90 Å². The zero-order chi connectivity index (χ0) is 29.3. The molecule has 0 bridgehead atoms. The number of aromatic hydroxyl groups is 1. The van der Waals surface area contributed by atoms with Crippen LogP contribution in [0.5, 0.6) is 5.75 Å². The normalized spacial score (nSPS) is 28.9. The number of fused-ring (bicyclic) bond motifs is 3. The summed E-state index contributed by atoms with van der Waals surface area (Å²) in [4.78, 5) is 45.0. The van der Waals surface area contributed by atoms with E-state index in [0.29, 0.717) is 25.3 Å². The topological polar surface area (TPSA) is 177 Å². The summed E-state index contributed by atoms with van der Waals surface area (Å²) in [5.74, 6) is -6.58. The first-order valence-electron chi connectivity index (χ1n) is 13.3. The lowest BCUT2D eigenvalue weighted by molar-refractivity contribution is -0.153. The van der Waals surface area contributed by atoms with Gasteiger partial charge in [0.05, 0.1) is 24.8 Å². The predicted octanol–water partition coefficient (Wildman–Crippen LogP) is -0.138. The van der Waals surface area contributed by atoms with Crippen molar-refractivity contribution < 1.29 is 39.5 Å². The number of aliphatic hydroxyl groups is 3. The average molecular weight is 557 g/mol. The zero-order valence-electron chi connectivity index (χ0n) is 23.1. The van der Waals surface area contributed by atoms with Crippen molar-refractivity contribution in [3.05, 3.63) is 39.7 Å². The molecule has 40 heavy (non-hydrogen) atoms. The number of aliphatic hydroxyl groups excluding tert-OH is 2. The number of hydrogen-bond acceptors (Lipinski definition) is 11. The third-order valence-electron chi connectivity index (χ3n) is 8.72. The fraction of sp³-hybridized carbons (Fsp3) is 0.536. The number of anilines is 1. The highest BCUT2D eigenvalue weighted by molar-refractivity contribution is 6.24. The molecule has 1 heterocycles. The molecule has 1 aromatic carbocycles. The van der Waals surface area contributed by atoms with Gasteiger partial charge in [0.25, 0.3) is 5.91 Å². The van der Waals surface area contributed by atoms with E-state index in [0.717, 1.165) is 24.3 Å². The Balaban J connectivity index is 1.68. The van der Waals surface area contributed by atoms with E-state index < -0.39 is 58.0 Å². The second-order valence-electron chi connectivity index (χ2n) is 11.5. The van der Waals surface area contributed by atoms with E-state index in [1.807, 2.05) is 19.0 Å². The molecule has 1 aromatic rings. The van der Waals surface area contributed by atoms with Crippen LogP contribution in [0.2, 0.25) is 0 Å². The van der Waals surface area contributed by atoms with Crippen LogP contribution in [0.25, 0.3) is 5.76 Å². The Morgan fingerprint density at radius 3 is 2.38 bits per heavy atom. The van der Waals surface area contributed by atoms with Crippen molar-refractivity contribution in [3.63, 3.8) is 0 Å². The van der Waals surface area contributed by atoms with Gasteiger partial charge in [0, 0.05) is 50.9 Å². The van der Waals surface area contributed by atoms with Crippen LogP contribution in [-0.2, 0) is 32.1 Å². The van der Waals surface area contributed by atoms with Gasteiger partial charge in [-0.05, 0) is 50.0 Å². The van der Waals surface area contributed by atoms with Crippen LogP contribution in [0.3, 0.4) is 0 Å². The molecule has 4 aliphatic rings. The number of ether oxygens (including phenoxy) is 1. The highest BCUT2D eigenvalue weighted by Gasteiger charge is 2.64. The summed E-state index contributed by atoms with van der Waals surface area (Å²) in [6.45, 7) is 3.25. The number of nitrogens with two attached hydrogens (primary N) is 1. The molecule has 2 fully saturated rings. The minimum Gasteiger partial charge on any atom is -0.508 e. The Morgan fingerprint density at radius 1 is 1.15 bits per heavy atom. The summed E-state index contributed by atoms with van der Waals surface area (Å²) in [6.07, 6.45) is 0.291. The maximum absolute atomic E-state index is 14.0. The zero-order valence-corrected chi connectivity index (χ0v) is 23.1. The fourth-order valence-electron chi connectivity index (χ4n) is 7.05. The summed E-state index contributed by atoms with van der Waals surface area (Å²) in [6, 6.07) is 0.460. The van der Waals surface area contributed by atoms with Crippen LogP contribution in [0, 0.1) is 11.8 Å². The molecule has 1 saturated carbocycles. The molecule has 3 aliphatic carbocycles. The van der Waals surface area contributed by atoms with Gasteiger partial charge in [0.2, 0.25) is 5.78 Å². The lowest BCUT2D eigenvalue weighted by atomic mass is 9.57. The van der Waals surface area contributed by atoms with Crippen LogP contribution in [-0.4, -0.2) is 114 Å². The third kappa shape index (κ3) is 4.00. The van der Waals surface area contributed by atoms with Crippen molar-refractivity contribution in [1.29, 1.82) is 0 Å². The van der Waals surface area contributed by atoms with Gasteiger partial charge in [-0.2, -0.15) is 0 Å². The molecular formula is C28H36N4O8. The molecule has 12 nitrogen and oxygen atoms in total. The number of nitrogens with zero attached hydrogens (tertiary/aromatic N) is 3. The van der Waals surface area contributed by atoms with Crippen LogP contribution < -0.4 is 10.6 Å². The van der Waals surface area contributed by atoms with Crippen molar-refractivity contribution in [1.82, 2.24) is 9.80 Å². The molecule has 4 atom stereocenters. The van der Waals surface area contributed by atoms with Gasteiger partial charge in [0.1, 0.15) is 22.8 Å². The molecule has 0 aromatic heterocycles. The van der Waals surface area contributed by atoms with E-state index in [-0.39, 0.29) is 29.7 Å². The quantitative estimate of drug-likeness (QED) is 0.305. The number of primary amides is 1. The van der Waals surface area contributed by atoms with Gasteiger partial charge in [-0.1, -0.05) is 0 Å². The summed E-state index contributed by atoms with van der Waals surface area (Å²) in [7, 11) is 6.89. The number of morpholine rings is 1. The molecule has 1 amide bonds. The molecule has 6 N–H and O–H groups in total. The lowest BCUT2D eigenvalue weighted by Gasteiger charge is -2.50. The van der Waals surface area contributed by atoms with Gasteiger partial charge < -0.3 is 35.8 Å². The molecule has 5 rings (SSSR count). The maximum Gasteiger partial charge on any atom is 0.255 e. The van der Waals surface area contributed by atoms with E-state index in [1.54, 1.807) is 20.2 Å². The van der Waals surface area contributed by atoms with Gasteiger partial charge in [-0.15, -0.1) is 0 Å². The molecule has 216 valence electrons. The number of phenolic OH excluding ortho intramolecular Hbond substituents is 1. The fourth-order valence-corrected chi connectivity index (χ4v) is 7.05. The van der Waals surface area contributed by atoms with Crippen molar-refractivity contribution in [2.45, 2.75) is 31.0 Å². The van der Waals surface area contributed by atoms with E-state index >= 15 is 0 Å². The Labute approximate surface area is 231 Å². The second kappa shape index (κ2) is 9.88. The SMILES string of the molecule is CN(C)c1c(CN2CCOCC2)cc(O)c2c1C[C@H]1C[C@H]3[C@H](N(C)C)C(=O)C(C(N)=O)=C(O)[C@@]3(O)C(=O)C1=C2O. The smallest absolute Gasteiger partial charge is 0.255 e. The first-order chi connectivity index (χ1) is 18.8. The highest BCUT2D eigenvalue weighted by Crippen LogP contribution is 2.54. The summed E-state index contributed by atoms with van der Waals surface area (Å²) < 4.78 is 5.46. The van der Waals surface area contributed by atoms with Gasteiger partial charge in [0.15, 0.2) is 11.4 Å². The number of carbonyl (C=O) groups excluding carboxylic acids is 3. The Bertz CT molecular complexity index is 1360. The highest BCUT2D eigenvalue weighted by atomic mass is 16.5. The number of phenols is 1. The minimum absolute atomic E-state index is 0.0487. The lowest BCUT2D eigenvalue weighted by Crippen LogP contribution is -2.65. The van der Waals surface area contributed by atoms with Gasteiger partial charge in [-0.3, -0.25) is 24.2 Å². The molecule has 0 radical (unpaired) electrons. The monoisotopic (exact) mass is 556 g/mol. The number of rotatable bonds is 5. The van der Waals surface area contributed by atoms with Crippen LogP contribution in [0.4, 0.5) is 5.69 Å². The number of benzene rings is 1. The maximum atomic E-state index is 14.0. The number of Topliss-reactive ketones (excluding diaryl/α,β-unsaturated/α-hetero) is 2. The molecular weight excluding hydrogens is 520 g/mol. The summed E-state index contributed by atoms with van der Waals surface area (Å²) >= 11 is 0. The van der Waals surface area contributed by atoms with Gasteiger partial charge in [-0.25, -0.2) is 0 Å². The van der Waals surface area contributed by atoms with Crippen molar-refractivity contribution >= 4 is 28.9 Å². The largest absolute Gasteiger partial charge is 0.508 e. The predicted molar refractivity (Wildman–Crippen MR) is 145 cm³/mol. The van der Waals surface area contributed by atoms with Crippen molar-refractivity contribution in [2.24, 2.45) is 17.6 Å². The number of hydrogen-bond donors (Lipinski definition) is 5. The van der Waals surface area contributed by atoms with Crippen LogP contribution >= 0.6 is 0 Å². The summed E-state index contributed by atoms with van der Waals surface area (Å²) in [5.41, 5.74) is 4.14. The molecule has 1 saturated heterocycles. The number of carbonyl (C=O) groups is 3. The first kappa shape index (κ1) is 28.1. The molecule has 12 heteroatoms. The molecule has 0 unspecified atom stereocenters. The Morgan fingerprint density at radius 2 is 1.80 bits per heavy atom. The Kier molecular flexibility index (Phi) is 6.94. The second-order valence-corrected chi connectivity index (χ2v) is 11.5. The average Bonchev–Trinajstić information content (AvgIpc) is 2.86. The minimum atomic E-state index is -2.65. The van der Waals surface area contributed by atoms with Crippen LogP contribution in [0.1, 0.15) is 23.1 Å². The first-order valence-corrected chi connectivity index (χ1v) is 13.3. The molecule has 1 aliphatic heterocycles. The van der Waals surface area contributed by atoms with E-state index in [4.69, 9.17) is 10.5 Å². The Hall–Kier alpha value is -3.45. The number of likely N-dealkylation sites (N-methyl/N-ethyl adjacent to an activating group) is 1. The van der Waals surface area contributed by atoms with Gasteiger partial charge >= 0.3 is 0 Å². The van der Waals surface area contributed by atoms with Crippen molar-refractivity contribution in [3.8, 4) is 5.75 Å². The number of amides is 1. The van der Waals surface area contributed by atoms with E-state index in [1.165, 1.54) is 4.90 Å². The van der Waals surface area contributed by atoms with Crippen LogP contribution in [0.15, 0.2) is 23.0 Å². The standard InChI is InChI=1S/C28H36N4O8/c1-30(2)21-14(12-32-5-7-40-8-6-32)11-17(33)19-15(21)9-13-10-16-22(31(3)4)24(35)20(27(29)38)26(37)28(16,39)25(36)18(13)23(19)34/h11,13,16,22,33-34,37,39H,5-10,12H2,1-4H3,(H2,29,38)/t13-,16-,22-,28-/m0/s1. The van der Waals surface area contributed by atoms with E-state index in [9.17, 15) is 34.8 Å². The molecule has 0 spiro atoms. The number of ketones is 2.